The molecule has 32 heavy (non-hydrogen) atoms. The summed E-state index contributed by atoms with van der Waals surface area (Å²) in [7, 11) is 0. The minimum atomic E-state index is -0.798. The van der Waals surface area contributed by atoms with E-state index >= 15 is 0 Å². The van der Waals surface area contributed by atoms with Gasteiger partial charge in [0.25, 0.3) is 0 Å². The van der Waals surface area contributed by atoms with Crippen LogP contribution in [0.5, 0.6) is 5.75 Å². The van der Waals surface area contributed by atoms with Crippen molar-refractivity contribution in [2.45, 2.75) is 82.7 Å². The molecule has 0 amide bonds. The van der Waals surface area contributed by atoms with Crippen LogP contribution in [0.4, 0.5) is 0 Å². The number of nitrogens with zero attached hydrogens (tertiary/aromatic N) is 1. The number of hydrogen-bond acceptors (Lipinski definition) is 4. The number of aryl methyl sites for hydroxylation is 1. The van der Waals surface area contributed by atoms with Gasteiger partial charge in [-0.2, -0.15) is 0 Å². The highest BCUT2D eigenvalue weighted by Gasteiger charge is 2.50. The molecule has 1 N–H and O–H groups in total. The predicted octanol–water partition coefficient (Wildman–Crippen LogP) is 4.72. The van der Waals surface area contributed by atoms with Crippen LogP contribution in [0.25, 0.3) is 0 Å². The van der Waals surface area contributed by atoms with Gasteiger partial charge in [0.2, 0.25) is 0 Å². The van der Waals surface area contributed by atoms with Crippen LogP contribution in [0.1, 0.15) is 76.3 Å². The second kappa shape index (κ2) is 10.6. The largest absolute Gasteiger partial charge is 0.492 e. The molecule has 4 heteroatoms. The van der Waals surface area contributed by atoms with E-state index in [1.165, 1.54) is 36.8 Å². The number of fused-ring (bicyclic) bond motifs is 3. The lowest BCUT2D eigenvalue weighted by molar-refractivity contribution is -0.0115. The van der Waals surface area contributed by atoms with Crippen LogP contribution in [0.3, 0.4) is 0 Å². The lowest BCUT2D eigenvalue weighted by Crippen LogP contribution is -2.49. The van der Waals surface area contributed by atoms with Crippen molar-refractivity contribution in [1.82, 2.24) is 4.90 Å². The lowest BCUT2D eigenvalue weighted by atomic mass is 9.53. The second-order valence-corrected chi connectivity index (χ2v) is 10.1. The molecule has 176 valence electrons. The van der Waals surface area contributed by atoms with Crippen LogP contribution >= 0.6 is 0 Å². The summed E-state index contributed by atoms with van der Waals surface area (Å²) in [5, 5.41) is 11.1. The third-order valence-electron chi connectivity index (χ3n) is 8.09. The average Bonchev–Trinajstić information content (AvgIpc) is 2.80. The number of aliphatic hydroxyl groups is 1. The van der Waals surface area contributed by atoms with Crippen molar-refractivity contribution >= 4 is 0 Å². The molecule has 0 unspecified atom stereocenters. The van der Waals surface area contributed by atoms with Crippen molar-refractivity contribution in [3.63, 3.8) is 0 Å². The summed E-state index contributed by atoms with van der Waals surface area (Å²) in [5.74, 6) is 7.63. The molecule has 0 spiro atoms. The summed E-state index contributed by atoms with van der Waals surface area (Å²) < 4.78 is 11.6. The molecule has 1 heterocycles. The average molecular weight is 440 g/mol. The quantitative estimate of drug-likeness (QED) is 0.470. The Morgan fingerprint density at radius 3 is 2.84 bits per heavy atom. The highest BCUT2D eigenvalue weighted by atomic mass is 16.5. The zero-order valence-corrected chi connectivity index (χ0v) is 20.1. The van der Waals surface area contributed by atoms with Gasteiger partial charge in [-0.05, 0) is 80.0 Å². The molecule has 3 atom stereocenters. The van der Waals surface area contributed by atoms with Crippen LogP contribution in [0.15, 0.2) is 18.2 Å². The fourth-order valence-corrected chi connectivity index (χ4v) is 6.37. The van der Waals surface area contributed by atoms with E-state index in [1.807, 2.05) is 6.92 Å². The molecule has 1 aliphatic heterocycles. The fourth-order valence-electron chi connectivity index (χ4n) is 6.37. The maximum Gasteiger partial charge on any atom is 0.125 e. The van der Waals surface area contributed by atoms with Gasteiger partial charge < -0.3 is 14.6 Å². The molecule has 4 rings (SSSR count). The van der Waals surface area contributed by atoms with E-state index in [1.54, 1.807) is 0 Å². The molecule has 1 saturated heterocycles. The highest BCUT2D eigenvalue weighted by Crippen LogP contribution is 2.55. The fraction of sp³-hybridized carbons (Fsp3) is 0.714. The van der Waals surface area contributed by atoms with E-state index in [9.17, 15) is 5.11 Å². The van der Waals surface area contributed by atoms with Crippen LogP contribution in [0.2, 0.25) is 0 Å². The first-order chi connectivity index (χ1) is 15.6. The molecule has 1 aromatic carbocycles. The molecule has 4 nitrogen and oxygen atoms in total. The Kier molecular flexibility index (Phi) is 7.82. The molecule has 0 aromatic heterocycles. The van der Waals surface area contributed by atoms with Crippen LogP contribution in [-0.2, 0) is 16.6 Å². The Morgan fingerprint density at radius 1 is 1.22 bits per heavy atom. The van der Waals surface area contributed by atoms with Gasteiger partial charge in [-0.15, -0.1) is 5.92 Å². The van der Waals surface area contributed by atoms with Crippen molar-refractivity contribution in [1.29, 1.82) is 0 Å². The Morgan fingerprint density at radius 2 is 2.06 bits per heavy atom. The number of morpholine rings is 1. The van der Waals surface area contributed by atoms with Crippen molar-refractivity contribution in [3.8, 4) is 17.6 Å². The summed E-state index contributed by atoms with van der Waals surface area (Å²) in [6.07, 6.45) is 9.88. The normalized spacial score (nSPS) is 30.0. The lowest BCUT2D eigenvalue weighted by Gasteiger charge is -2.52. The highest BCUT2D eigenvalue weighted by molar-refractivity contribution is 5.44. The molecule has 0 bridgehead atoms. The first kappa shape index (κ1) is 23.6. The van der Waals surface area contributed by atoms with Gasteiger partial charge in [0, 0.05) is 19.6 Å². The number of unbranched alkanes of at least 4 members (excludes halogenated alkanes) is 2. The van der Waals surface area contributed by atoms with Crippen molar-refractivity contribution in [2.24, 2.45) is 5.92 Å². The minimum Gasteiger partial charge on any atom is -0.492 e. The van der Waals surface area contributed by atoms with Gasteiger partial charge in [-0.3, -0.25) is 4.90 Å². The van der Waals surface area contributed by atoms with Gasteiger partial charge in [0.1, 0.15) is 18.0 Å². The first-order valence-corrected chi connectivity index (χ1v) is 12.8. The molecule has 0 radical (unpaired) electrons. The van der Waals surface area contributed by atoms with Crippen LogP contribution < -0.4 is 4.74 Å². The molecule has 1 aromatic rings. The van der Waals surface area contributed by atoms with Gasteiger partial charge in [0.05, 0.1) is 13.2 Å². The Bertz CT molecular complexity index is 822. The Balaban J connectivity index is 1.49. The van der Waals surface area contributed by atoms with Gasteiger partial charge in [0.15, 0.2) is 0 Å². The van der Waals surface area contributed by atoms with E-state index < -0.39 is 5.60 Å². The Labute approximate surface area is 194 Å². The van der Waals surface area contributed by atoms with E-state index in [2.05, 4.69) is 41.9 Å². The van der Waals surface area contributed by atoms with Crippen molar-refractivity contribution in [3.05, 3.63) is 29.3 Å². The number of rotatable bonds is 8. The predicted molar refractivity (Wildman–Crippen MR) is 129 cm³/mol. The molecule has 1 saturated carbocycles. The SMILES string of the molecule is CC#C[C@@]1(O)CC[C@@]2(CCCCC)c3ccc(OCCN4CCOCC4)cc3CC[C@@H]2C1. The van der Waals surface area contributed by atoms with Gasteiger partial charge in [-0.1, -0.05) is 38.2 Å². The third kappa shape index (κ3) is 5.16. The maximum absolute atomic E-state index is 11.1. The number of hydrogen-bond donors (Lipinski definition) is 1. The summed E-state index contributed by atoms with van der Waals surface area (Å²) in [4.78, 5) is 2.41. The summed E-state index contributed by atoms with van der Waals surface area (Å²) in [6.45, 7) is 9.48. The molecular weight excluding hydrogens is 398 g/mol. The molecular formula is C28H41NO3. The van der Waals surface area contributed by atoms with Crippen molar-refractivity contribution < 1.29 is 14.6 Å². The summed E-state index contributed by atoms with van der Waals surface area (Å²) >= 11 is 0. The molecule has 2 aliphatic carbocycles. The van der Waals surface area contributed by atoms with E-state index in [-0.39, 0.29) is 5.41 Å². The van der Waals surface area contributed by atoms with E-state index in [0.717, 1.165) is 77.3 Å². The number of ether oxygens (including phenoxy) is 2. The minimum absolute atomic E-state index is 0.191. The smallest absolute Gasteiger partial charge is 0.125 e. The monoisotopic (exact) mass is 439 g/mol. The number of benzene rings is 1. The standard InChI is InChI=1S/C28H41NO3/c1-3-5-6-12-28-14-13-27(30,11-4-2)22-24(28)8-7-23-21-25(9-10-26(23)28)32-20-17-29-15-18-31-19-16-29/h9-10,21,24,30H,3,5-8,12-20,22H2,1-2H3/t24-,27-,28-/m1/s1. The van der Waals surface area contributed by atoms with Crippen molar-refractivity contribution in [2.75, 3.05) is 39.5 Å². The zero-order valence-electron chi connectivity index (χ0n) is 20.1. The van der Waals surface area contributed by atoms with Crippen LogP contribution in [0, 0.1) is 17.8 Å². The van der Waals surface area contributed by atoms with Gasteiger partial charge >= 0.3 is 0 Å². The maximum atomic E-state index is 11.1. The first-order valence-electron chi connectivity index (χ1n) is 12.8. The third-order valence-corrected chi connectivity index (χ3v) is 8.09. The Hall–Kier alpha value is -1.54. The van der Waals surface area contributed by atoms with E-state index in [4.69, 9.17) is 9.47 Å². The summed E-state index contributed by atoms with van der Waals surface area (Å²) in [6, 6.07) is 6.85. The topological polar surface area (TPSA) is 41.9 Å². The molecule has 2 fully saturated rings. The van der Waals surface area contributed by atoms with E-state index in [0.29, 0.717) is 5.92 Å². The van der Waals surface area contributed by atoms with Crippen LogP contribution in [-0.4, -0.2) is 55.1 Å². The van der Waals surface area contributed by atoms with Gasteiger partial charge in [-0.25, -0.2) is 0 Å². The molecule has 3 aliphatic rings. The summed E-state index contributed by atoms with van der Waals surface area (Å²) in [5.41, 5.74) is 2.38. The zero-order chi connectivity index (χ0) is 22.4. The second-order valence-electron chi connectivity index (χ2n) is 10.1.